The van der Waals surface area contributed by atoms with Crippen LogP contribution in [0.25, 0.3) is 0 Å². The van der Waals surface area contributed by atoms with E-state index in [1.165, 1.54) is 0 Å². The molecule has 0 aromatic heterocycles. The Morgan fingerprint density at radius 1 is 0.955 bits per heavy atom. The van der Waals surface area contributed by atoms with E-state index in [4.69, 9.17) is 18.9 Å². The van der Waals surface area contributed by atoms with Crippen molar-refractivity contribution in [1.82, 2.24) is 0 Å². The van der Waals surface area contributed by atoms with Crippen LogP contribution in [0.2, 0.25) is 0 Å². The number of esters is 2. The molecule has 2 heterocycles. The Morgan fingerprint density at radius 3 is 1.82 bits per heavy atom. The van der Waals surface area contributed by atoms with E-state index < -0.39 is 30.4 Å². The number of ether oxygens (including phenoxy) is 4. The minimum Gasteiger partial charge on any atom is -0.435 e. The van der Waals surface area contributed by atoms with Gasteiger partial charge in [0.15, 0.2) is 5.92 Å². The quantitative estimate of drug-likeness (QED) is 0.554. The monoisotopic (exact) mass is 314 g/mol. The Morgan fingerprint density at radius 2 is 1.45 bits per heavy atom. The van der Waals surface area contributed by atoms with Crippen molar-refractivity contribution in [1.29, 1.82) is 0 Å². The van der Waals surface area contributed by atoms with Gasteiger partial charge in [0.1, 0.15) is 0 Å². The first-order chi connectivity index (χ1) is 10.7. The highest BCUT2D eigenvalue weighted by molar-refractivity contribution is 5.94. The average Bonchev–Trinajstić information content (AvgIpc) is 2.54. The molecule has 0 saturated carbocycles. The molecule has 0 N–H and O–H groups in total. The zero-order chi connectivity index (χ0) is 15.8. The summed E-state index contributed by atoms with van der Waals surface area (Å²) < 4.78 is 21.4. The fraction of sp³-hybridized carbons (Fsp3) is 0.875. The van der Waals surface area contributed by atoms with E-state index in [2.05, 4.69) is 0 Å². The minimum absolute atomic E-state index is 0.414. The summed E-state index contributed by atoms with van der Waals surface area (Å²) in [5.41, 5.74) is 0. The van der Waals surface area contributed by atoms with Gasteiger partial charge in [0.25, 0.3) is 0 Å². The summed E-state index contributed by atoms with van der Waals surface area (Å²) in [7, 11) is 0. The van der Waals surface area contributed by atoms with Gasteiger partial charge in [0.2, 0.25) is 12.6 Å². The molecule has 2 fully saturated rings. The van der Waals surface area contributed by atoms with E-state index in [-0.39, 0.29) is 0 Å². The first-order valence-electron chi connectivity index (χ1n) is 8.35. The Labute approximate surface area is 131 Å². The predicted molar refractivity (Wildman–Crippen MR) is 77.8 cm³/mol. The van der Waals surface area contributed by atoms with Crippen LogP contribution in [0.1, 0.15) is 58.3 Å². The number of carbonyl (C=O) groups excluding carboxylic acids is 2. The second-order valence-corrected chi connectivity index (χ2v) is 5.81. The molecule has 0 amide bonds. The summed E-state index contributed by atoms with van der Waals surface area (Å²) >= 11 is 0. The van der Waals surface area contributed by atoms with Gasteiger partial charge >= 0.3 is 11.9 Å². The molecule has 126 valence electrons. The molecule has 2 unspecified atom stereocenters. The molecule has 22 heavy (non-hydrogen) atoms. The van der Waals surface area contributed by atoms with E-state index in [9.17, 15) is 9.59 Å². The van der Waals surface area contributed by atoms with E-state index >= 15 is 0 Å². The molecular formula is C16H26O6. The third kappa shape index (κ3) is 5.25. The fourth-order valence-electron chi connectivity index (χ4n) is 2.65. The SMILES string of the molecule is CCCC(C(=O)OC1CCCCO1)C(=O)OC1CCCCO1. The fourth-order valence-corrected chi connectivity index (χ4v) is 2.65. The lowest BCUT2D eigenvalue weighted by atomic mass is 10.0. The van der Waals surface area contributed by atoms with Crippen LogP contribution in [0.15, 0.2) is 0 Å². The Hall–Kier alpha value is -1.14. The number of carbonyl (C=O) groups is 2. The lowest BCUT2D eigenvalue weighted by Gasteiger charge is -2.26. The molecule has 6 heteroatoms. The summed E-state index contributed by atoms with van der Waals surface area (Å²) in [5, 5.41) is 0. The maximum Gasteiger partial charge on any atom is 0.322 e. The lowest BCUT2D eigenvalue weighted by Crippen LogP contribution is -2.36. The highest BCUT2D eigenvalue weighted by atomic mass is 16.7. The molecule has 2 saturated heterocycles. The second-order valence-electron chi connectivity index (χ2n) is 5.81. The maximum absolute atomic E-state index is 12.2. The molecule has 0 aromatic rings. The third-order valence-electron chi connectivity index (χ3n) is 3.92. The lowest BCUT2D eigenvalue weighted by molar-refractivity contribution is -0.204. The van der Waals surface area contributed by atoms with E-state index in [0.29, 0.717) is 38.9 Å². The van der Waals surface area contributed by atoms with Crippen molar-refractivity contribution in [2.75, 3.05) is 13.2 Å². The average molecular weight is 314 g/mol. The molecule has 0 aliphatic carbocycles. The standard InChI is InChI=1S/C16H26O6/c1-2-7-12(15(17)21-13-8-3-5-10-19-13)16(18)22-14-9-4-6-11-20-14/h12-14H,2-11H2,1H3. The van der Waals surface area contributed by atoms with Crippen LogP contribution in [-0.2, 0) is 28.5 Å². The largest absolute Gasteiger partial charge is 0.435 e. The minimum atomic E-state index is -0.888. The summed E-state index contributed by atoms with van der Waals surface area (Å²) in [4.78, 5) is 24.5. The predicted octanol–water partition coefficient (Wildman–Crippen LogP) is 2.54. The van der Waals surface area contributed by atoms with Gasteiger partial charge in [-0.3, -0.25) is 9.59 Å². The van der Waals surface area contributed by atoms with Crippen molar-refractivity contribution in [3.63, 3.8) is 0 Å². The van der Waals surface area contributed by atoms with Crippen LogP contribution in [0.5, 0.6) is 0 Å². The van der Waals surface area contributed by atoms with Crippen LogP contribution >= 0.6 is 0 Å². The van der Waals surface area contributed by atoms with Gasteiger partial charge in [-0.25, -0.2) is 0 Å². The third-order valence-corrected chi connectivity index (χ3v) is 3.92. The first kappa shape index (κ1) is 17.2. The summed E-state index contributed by atoms with van der Waals surface area (Å²) in [6.45, 7) is 3.11. The van der Waals surface area contributed by atoms with Crippen LogP contribution in [-0.4, -0.2) is 37.7 Å². The highest BCUT2D eigenvalue weighted by Crippen LogP contribution is 2.20. The maximum atomic E-state index is 12.2. The van der Waals surface area contributed by atoms with Crippen molar-refractivity contribution in [2.24, 2.45) is 5.92 Å². The van der Waals surface area contributed by atoms with Gasteiger partial charge < -0.3 is 18.9 Å². The van der Waals surface area contributed by atoms with Gasteiger partial charge in [-0.15, -0.1) is 0 Å². The summed E-state index contributed by atoms with van der Waals surface area (Å²) in [6.07, 6.45) is 5.33. The van der Waals surface area contributed by atoms with Gasteiger partial charge in [-0.1, -0.05) is 13.3 Å². The molecule has 6 nitrogen and oxygen atoms in total. The van der Waals surface area contributed by atoms with E-state index in [1.54, 1.807) is 0 Å². The second kappa shape index (κ2) is 9.10. The van der Waals surface area contributed by atoms with E-state index in [1.807, 2.05) is 6.92 Å². The van der Waals surface area contributed by atoms with Crippen LogP contribution < -0.4 is 0 Å². The molecule has 0 aromatic carbocycles. The molecule has 2 atom stereocenters. The van der Waals surface area contributed by atoms with Crippen molar-refractivity contribution >= 4 is 11.9 Å². The van der Waals surface area contributed by atoms with Crippen LogP contribution in [0.3, 0.4) is 0 Å². The Bertz CT molecular complexity index is 326. The number of hydrogen-bond acceptors (Lipinski definition) is 6. The molecule has 2 rings (SSSR count). The van der Waals surface area contributed by atoms with Crippen molar-refractivity contribution in [3.05, 3.63) is 0 Å². The van der Waals surface area contributed by atoms with Crippen LogP contribution in [0.4, 0.5) is 0 Å². The van der Waals surface area contributed by atoms with Gasteiger partial charge in [0.05, 0.1) is 13.2 Å². The van der Waals surface area contributed by atoms with Crippen molar-refractivity contribution < 1.29 is 28.5 Å². The van der Waals surface area contributed by atoms with E-state index in [0.717, 1.165) is 25.7 Å². The number of hydrogen-bond donors (Lipinski definition) is 0. The zero-order valence-corrected chi connectivity index (χ0v) is 13.3. The van der Waals surface area contributed by atoms with Crippen molar-refractivity contribution in [2.45, 2.75) is 70.9 Å². The highest BCUT2D eigenvalue weighted by Gasteiger charge is 2.33. The summed E-state index contributed by atoms with van der Waals surface area (Å²) in [5.74, 6) is -1.98. The Balaban J connectivity index is 1.85. The molecular weight excluding hydrogens is 288 g/mol. The van der Waals surface area contributed by atoms with Gasteiger partial charge in [0, 0.05) is 12.8 Å². The molecule has 0 radical (unpaired) electrons. The van der Waals surface area contributed by atoms with Crippen molar-refractivity contribution in [3.8, 4) is 0 Å². The normalized spacial score (nSPS) is 27.0. The molecule has 0 bridgehead atoms. The van der Waals surface area contributed by atoms with Crippen LogP contribution in [0, 0.1) is 5.92 Å². The zero-order valence-electron chi connectivity index (χ0n) is 13.3. The van der Waals surface area contributed by atoms with Gasteiger partial charge in [-0.2, -0.15) is 0 Å². The van der Waals surface area contributed by atoms with Gasteiger partial charge in [-0.05, 0) is 32.1 Å². The molecule has 2 aliphatic rings. The molecule has 0 spiro atoms. The smallest absolute Gasteiger partial charge is 0.322 e. The Kier molecular flexibility index (Phi) is 7.12. The summed E-state index contributed by atoms with van der Waals surface area (Å²) in [6, 6.07) is 0. The topological polar surface area (TPSA) is 71.1 Å². The first-order valence-corrected chi connectivity index (χ1v) is 8.35. The molecule has 2 aliphatic heterocycles. The number of rotatable bonds is 6.